The molecule has 0 aromatic heterocycles. The lowest BCUT2D eigenvalue weighted by Gasteiger charge is -2.30. The maximum absolute atomic E-state index is 13.1. The molecule has 178 valence electrons. The van der Waals surface area contributed by atoms with E-state index in [0.717, 1.165) is 5.56 Å². The van der Waals surface area contributed by atoms with E-state index >= 15 is 0 Å². The minimum absolute atomic E-state index is 0.000915. The van der Waals surface area contributed by atoms with Gasteiger partial charge in [-0.1, -0.05) is 57.2 Å². The van der Waals surface area contributed by atoms with Gasteiger partial charge in [0.25, 0.3) is 0 Å². The second kappa shape index (κ2) is 10.1. The molecular weight excluding hydrogens is 442 g/mol. The molecule has 8 heteroatoms. The maximum atomic E-state index is 13.1. The molecule has 1 aliphatic heterocycles. The van der Waals surface area contributed by atoms with Crippen LogP contribution >= 0.6 is 0 Å². The van der Waals surface area contributed by atoms with Crippen LogP contribution in [0.4, 0.5) is 0 Å². The highest BCUT2D eigenvalue weighted by Crippen LogP contribution is 2.27. The Hall–Kier alpha value is -2.71. The lowest BCUT2D eigenvalue weighted by atomic mass is 9.87. The van der Waals surface area contributed by atoms with Crippen molar-refractivity contribution in [2.75, 3.05) is 20.2 Å². The molecule has 0 atom stereocenters. The molecule has 0 amide bonds. The molecule has 0 spiro atoms. The zero-order valence-electron chi connectivity index (χ0n) is 19.5. The molecule has 1 aliphatic rings. The fourth-order valence-corrected chi connectivity index (χ4v) is 5.46. The predicted octanol–water partition coefficient (Wildman–Crippen LogP) is 3.91. The molecule has 1 fully saturated rings. The molecule has 3 rings (SSSR count). The van der Waals surface area contributed by atoms with Gasteiger partial charge in [-0.05, 0) is 41.5 Å². The standard InChI is InChI=1S/C25H31NO6S/c1-25(2,3)20-11-9-18(10-12-20)17-32-23(27)19-13-15-26(16-14-19)33(29,30)22-8-6-5-7-21(22)24(28)31-4/h5-12,19H,13-17H2,1-4H3. The minimum Gasteiger partial charge on any atom is -0.465 e. The summed E-state index contributed by atoms with van der Waals surface area (Å²) in [4.78, 5) is 24.5. The summed E-state index contributed by atoms with van der Waals surface area (Å²) in [7, 11) is -2.68. The first-order chi connectivity index (χ1) is 15.5. The van der Waals surface area contributed by atoms with Crippen LogP contribution in [0.25, 0.3) is 0 Å². The summed E-state index contributed by atoms with van der Waals surface area (Å²) in [6, 6.07) is 14.0. The molecule has 1 heterocycles. The molecule has 2 aromatic carbocycles. The lowest BCUT2D eigenvalue weighted by Crippen LogP contribution is -2.41. The van der Waals surface area contributed by atoms with Crippen LogP contribution in [0.3, 0.4) is 0 Å². The highest BCUT2D eigenvalue weighted by atomic mass is 32.2. The van der Waals surface area contributed by atoms with Crippen LogP contribution in [-0.2, 0) is 36.3 Å². The van der Waals surface area contributed by atoms with Crippen molar-refractivity contribution < 1.29 is 27.5 Å². The molecule has 0 bridgehead atoms. The average molecular weight is 474 g/mol. The topological polar surface area (TPSA) is 90.0 Å². The van der Waals surface area contributed by atoms with Crippen LogP contribution in [0.5, 0.6) is 0 Å². The van der Waals surface area contributed by atoms with Gasteiger partial charge in [-0.3, -0.25) is 4.79 Å². The third kappa shape index (κ3) is 5.81. The number of esters is 2. The Labute approximate surface area is 195 Å². The summed E-state index contributed by atoms with van der Waals surface area (Å²) in [5, 5.41) is 0. The number of benzene rings is 2. The van der Waals surface area contributed by atoms with Gasteiger partial charge in [-0.25, -0.2) is 13.2 Å². The fourth-order valence-electron chi connectivity index (χ4n) is 3.81. The van der Waals surface area contributed by atoms with Crippen LogP contribution in [0.1, 0.15) is 55.1 Å². The van der Waals surface area contributed by atoms with Gasteiger partial charge in [-0.15, -0.1) is 0 Å². The summed E-state index contributed by atoms with van der Waals surface area (Å²) >= 11 is 0. The van der Waals surface area contributed by atoms with Gasteiger partial charge >= 0.3 is 11.9 Å². The van der Waals surface area contributed by atoms with Crippen LogP contribution in [0.2, 0.25) is 0 Å². The van der Waals surface area contributed by atoms with E-state index in [1.54, 1.807) is 12.1 Å². The third-order valence-corrected chi connectivity index (χ3v) is 7.86. The number of nitrogens with zero attached hydrogens (tertiary/aromatic N) is 1. The largest absolute Gasteiger partial charge is 0.465 e. The van der Waals surface area contributed by atoms with E-state index in [0.29, 0.717) is 12.8 Å². The number of ether oxygens (including phenoxy) is 2. The van der Waals surface area contributed by atoms with E-state index in [2.05, 4.69) is 20.8 Å². The van der Waals surface area contributed by atoms with E-state index < -0.39 is 16.0 Å². The molecule has 0 radical (unpaired) electrons. The lowest BCUT2D eigenvalue weighted by molar-refractivity contribution is -0.151. The monoisotopic (exact) mass is 473 g/mol. The Morgan fingerprint density at radius 2 is 1.61 bits per heavy atom. The van der Waals surface area contributed by atoms with Crippen molar-refractivity contribution in [3.05, 3.63) is 65.2 Å². The molecule has 33 heavy (non-hydrogen) atoms. The molecular formula is C25H31NO6S. The van der Waals surface area contributed by atoms with E-state index in [1.807, 2.05) is 24.3 Å². The molecule has 2 aromatic rings. The van der Waals surface area contributed by atoms with Crippen molar-refractivity contribution in [3.8, 4) is 0 Å². The quantitative estimate of drug-likeness (QED) is 0.591. The van der Waals surface area contributed by atoms with Crippen molar-refractivity contribution in [2.45, 2.75) is 50.5 Å². The summed E-state index contributed by atoms with van der Waals surface area (Å²) in [6.45, 7) is 6.97. The van der Waals surface area contributed by atoms with E-state index in [4.69, 9.17) is 9.47 Å². The highest BCUT2D eigenvalue weighted by molar-refractivity contribution is 7.89. The summed E-state index contributed by atoms with van der Waals surface area (Å²) in [6.07, 6.45) is 0.725. The van der Waals surface area contributed by atoms with E-state index in [-0.39, 0.29) is 47.5 Å². The number of sulfonamides is 1. The number of hydrogen-bond acceptors (Lipinski definition) is 6. The first-order valence-corrected chi connectivity index (χ1v) is 12.4. The Morgan fingerprint density at radius 1 is 1.00 bits per heavy atom. The van der Waals surface area contributed by atoms with Crippen molar-refractivity contribution in [2.24, 2.45) is 5.92 Å². The summed E-state index contributed by atoms with van der Waals surface area (Å²) < 4.78 is 37.7. The van der Waals surface area contributed by atoms with Crippen LogP contribution in [0, 0.1) is 5.92 Å². The molecule has 7 nitrogen and oxygen atoms in total. The highest BCUT2D eigenvalue weighted by Gasteiger charge is 2.34. The first-order valence-electron chi connectivity index (χ1n) is 11.0. The van der Waals surface area contributed by atoms with Gasteiger partial charge in [0.1, 0.15) is 6.61 Å². The third-order valence-electron chi connectivity index (χ3n) is 5.90. The van der Waals surface area contributed by atoms with Crippen LogP contribution in [-0.4, -0.2) is 44.9 Å². The second-order valence-electron chi connectivity index (χ2n) is 9.22. The molecule has 0 saturated carbocycles. The van der Waals surface area contributed by atoms with Crippen molar-refractivity contribution in [1.29, 1.82) is 0 Å². The Balaban J connectivity index is 1.58. The van der Waals surface area contributed by atoms with Gasteiger partial charge in [0.05, 0.1) is 23.5 Å². The minimum atomic E-state index is -3.89. The fraction of sp³-hybridized carbons (Fsp3) is 0.440. The second-order valence-corrected chi connectivity index (χ2v) is 11.1. The van der Waals surface area contributed by atoms with Crippen LogP contribution in [0.15, 0.2) is 53.4 Å². The predicted molar refractivity (Wildman–Crippen MR) is 124 cm³/mol. The maximum Gasteiger partial charge on any atom is 0.339 e. The van der Waals surface area contributed by atoms with Gasteiger partial charge in [0.2, 0.25) is 10.0 Å². The Morgan fingerprint density at radius 3 is 2.18 bits per heavy atom. The molecule has 0 aliphatic carbocycles. The average Bonchev–Trinajstić information content (AvgIpc) is 2.81. The van der Waals surface area contributed by atoms with E-state index in [9.17, 15) is 18.0 Å². The van der Waals surface area contributed by atoms with Crippen molar-refractivity contribution >= 4 is 22.0 Å². The normalized spacial score (nSPS) is 15.8. The van der Waals surface area contributed by atoms with Gasteiger partial charge in [-0.2, -0.15) is 4.31 Å². The number of rotatable bonds is 6. The SMILES string of the molecule is COC(=O)c1ccccc1S(=O)(=O)N1CCC(C(=O)OCc2ccc(C(C)(C)C)cc2)CC1. The van der Waals surface area contributed by atoms with Crippen molar-refractivity contribution in [3.63, 3.8) is 0 Å². The molecule has 0 N–H and O–H groups in total. The van der Waals surface area contributed by atoms with Gasteiger partial charge in [0, 0.05) is 13.1 Å². The van der Waals surface area contributed by atoms with E-state index in [1.165, 1.54) is 29.1 Å². The molecule has 0 unspecified atom stereocenters. The number of carbonyl (C=O) groups is 2. The van der Waals surface area contributed by atoms with Gasteiger partial charge in [0.15, 0.2) is 0 Å². The zero-order chi connectivity index (χ0) is 24.2. The zero-order valence-corrected chi connectivity index (χ0v) is 20.4. The summed E-state index contributed by atoms with van der Waals surface area (Å²) in [5.74, 6) is -1.38. The number of carbonyl (C=O) groups excluding carboxylic acids is 2. The van der Waals surface area contributed by atoms with Crippen molar-refractivity contribution in [1.82, 2.24) is 4.31 Å². The number of hydrogen-bond donors (Lipinski definition) is 0. The van der Waals surface area contributed by atoms with Crippen LogP contribution < -0.4 is 0 Å². The first kappa shape index (κ1) is 24.9. The summed E-state index contributed by atoms with van der Waals surface area (Å²) in [5.41, 5.74) is 2.18. The number of methoxy groups -OCH3 is 1. The molecule has 1 saturated heterocycles. The number of piperidine rings is 1. The Bertz CT molecular complexity index is 1090. The smallest absolute Gasteiger partial charge is 0.339 e. The Kier molecular flexibility index (Phi) is 7.59. The van der Waals surface area contributed by atoms with Gasteiger partial charge < -0.3 is 9.47 Å².